The average molecular weight is 765 g/mol. The number of carbonyl (C=O) groups excluding carboxylic acids is 1. The normalized spacial score (nSPS) is 11.9. The van der Waals surface area contributed by atoms with Crippen molar-refractivity contribution in [2.45, 2.75) is 303 Å². The predicted molar refractivity (Wildman–Crippen MR) is 243 cm³/mol. The van der Waals surface area contributed by atoms with Crippen LogP contribution in [0, 0.1) is 0 Å². The van der Waals surface area contributed by atoms with E-state index in [1.54, 1.807) is 0 Å². The van der Waals surface area contributed by atoms with Crippen LogP contribution in [-0.2, 0) is 14.3 Å². The minimum absolute atomic E-state index is 0.165. The summed E-state index contributed by atoms with van der Waals surface area (Å²) >= 11 is 0. The molecule has 0 aromatic rings. The fourth-order valence-electron chi connectivity index (χ4n) is 7.60. The van der Waals surface area contributed by atoms with Crippen molar-refractivity contribution in [1.29, 1.82) is 0 Å². The van der Waals surface area contributed by atoms with Gasteiger partial charge in [0.05, 0.1) is 6.10 Å². The van der Waals surface area contributed by atoms with E-state index in [0.717, 1.165) is 45.4 Å². The molecule has 0 spiro atoms. The van der Waals surface area contributed by atoms with E-state index in [9.17, 15) is 4.79 Å². The summed E-state index contributed by atoms with van der Waals surface area (Å²) in [7, 11) is 0. The third-order valence-electron chi connectivity index (χ3n) is 11.3. The highest BCUT2D eigenvalue weighted by molar-refractivity contribution is 5.50. The number of hydrogen-bond acceptors (Lipinski definition) is 3. The molecule has 0 N–H and O–H groups in total. The quantitative estimate of drug-likeness (QED) is 0.0457. The number of rotatable bonds is 47. The molecule has 0 saturated carbocycles. The molecule has 0 aliphatic carbocycles. The van der Waals surface area contributed by atoms with Crippen molar-refractivity contribution in [1.82, 2.24) is 0 Å². The summed E-state index contributed by atoms with van der Waals surface area (Å²) in [5.74, 6) is 0. The Bertz CT molecular complexity index is 604. The summed E-state index contributed by atoms with van der Waals surface area (Å²) < 4.78 is 11.5. The van der Waals surface area contributed by atoms with Crippen molar-refractivity contribution in [3.05, 3.63) is 0 Å². The van der Waals surface area contributed by atoms with Crippen molar-refractivity contribution in [2.75, 3.05) is 19.8 Å². The minimum Gasteiger partial charge on any atom is -0.381 e. The first-order valence-corrected chi connectivity index (χ1v) is 25.4. The van der Waals surface area contributed by atoms with Gasteiger partial charge in [-0.2, -0.15) is 0 Å². The van der Waals surface area contributed by atoms with E-state index in [0.29, 0.717) is 6.42 Å². The highest BCUT2D eigenvalue weighted by atomic mass is 16.5. The van der Waals surface area contributed by atoms with E-state index in [4.69, 9.17) is 9.47 Å². The second-order valence-electron chi connectivity index (χ2n) is 17.0. The molecule has 0 aromatic heterocycles. The first kappa shape index (κ1) is 55.7. The third-order valence-corrected chi connectivity index (χ3v) is 11.3. The Balaban J connectivity index is 0. The fourth-order valence-corrected chi connectivity index (χ4v) is 7.60. The molecule has 0 amide bonds. The number of ether oxygens (including phenoxy) is 2. The second kappa shape index (κ2) is 54.7. The summed E-state index contributed by atoms with van der Waals surface area (Å²) in [5, 5.41) is 0. The van der Waals surface area contributed by atoms with Crippen LogP contribution in [-0.4, -0.2) is 32.2 Å². The maximum atomic E-state index is 11.0. The van der Waals surface area contributed by atoms with Crippen LogP contribution < -0.4 is 0 Å². The highest BCUT2D eigenvalue weighted by Crippen LogP contribution is 2.17. The van der Waals surface area contributed by atoms with Gasteiger partial charge in [0.2, 0.25) is 0 Å². The smallest absolute Gasteiger partial charge is 0.122 e. The van der Waals surface area contributed by atoms with Crippen molar-refractivity contribution >= 4 is 6.29 Å². The standard InChI is InChI=1S/C32H64O2.C19H40O/c1-3-5-7-9-11-13-15-16-17-19-21-23-25-27-31-34-32(29-30-33)28-26-24-22-20-18-14-12-10-8-6-4-2;1-3-5-6-7-8-9-10-11-12-13-14-15-16-17-19-20-18-4-2/h30,32H,3-29,31H2,1-2H3;3-19H2,1-2H3. The molecule has 3 heteroatoms. The molecule has 3 nitrogen and oxygen atoms in total. The molecule has 1 atom stereocenters. The number of unbranched alkanes of at least 4 members (excludes halogenated alkanes) is 36. The first-order valence-electron chi connectivity index (χ1n) is 25.4. The zero-order valence-electron chi connectivity index (χ0n) is 38.2. The van der Waals surface area contributed by atoms with Crippen molar-refractivity contribution in [2.24, 2.45) is 0 Å². The predicted octanol–water partition coefficient (Wildman–Crippen LogP) is 18.0. The van der Waals surface area contributed by atoms with Crippen LogP contribution in [0.3, 0.4) is 0 Å². The molecule has 0 rings (SSSR count). The lowest BCUT2D eigenvalue weighted by atomic mass is 10.0. The lowest BCUT2D eigenvalue weighted by Crippen LogP contribution is -2.14. The molecule has 326 valence electrons. The van der Waals surface area contributed by atoms with Gasteiger partial charge < -0.3 is 14.3 Å². The van der Waals surface area contributed by atoms with Crippen LogP contribution in [0.15, 0.2) is 0 Å². The van der Waals surface area contributed by atoms with Crippen LogP contribution in [0.4, 0.5) is 0 Å². The van der Waals surface area contributed by atoms with Crippen LogP contribution in [0.1, 0.15) is 297 Å². The third kappa shape index (κ3) is 53.7. The van der Waals surface area contributed by atoms with Crippen LogP contribution in [0.5, 0.6) is 0 Å². The summed E-state index contributed by atoms with van der Waals surface area (Å²) in [6, 6.07) is 0. The maximum Gasteiger partial charge on any atom is 0.122 e. The van der Waals surface area contributed by atoms with E-state index in [1.807, 2.05) is 0 Å². The first-order chi connectivity index (χ1) is 26.8. The monoisotopic (exact) mass is 765 g/mol. The molecule has 0 aromatic carbocycles. The van der Waals surface area contributed by atoms with Crippen molar-refractivity contribution in [3.8, 4) is 0 Å². The Morgan fingerprint density at radius 1 is 0.315 bits per heavy atom. The van der Waals surface area contributed by atoms with Gasteiger partial charge in [-0.05, 0) is 25.7 Å². The fraction of sp³-hybridized carbons (Fsp3) is 0.980. The molecule has 0 fully saturated rings. The molecule has 1 unspecified atom stereocenters. The molecule has 0 saturated heterocycles. The van der Waals surface area contributed by atoms with E-state index in [-0.39, 0.29) is 6.10 Å². The van der Waals surface area contributed by atoms with E-state index < -0.39 is 0 Å². The van der Waals surface area contributed by atoms with Crippen LogP contribution in [0.2, 0.25) is 0 Å². The summed E-state index contributed by atoms with van der Waals surface area (Å²) in [5.41, 5.74) is 0. The molecule has 0 aliphatic heterocycles. The summed E-state index contributed by atoms with van der Waals surface area (Å²) in [6.07, 6.45) is 58.5. The van der Waals surface area contributed by atoms with Crippen LogP contribution in [0.25, 0.3) is 0 Å². The van der Waals surface area contributed by atoms with Crippen molar-refractivity contribution < 1.29 is 14.3 Å². The van der Waals surface area contributed by atoms with Gasteiger partial charge in [0, 0.05) is 26.2 Å². The lowest BCUT2D eigenvalue weighted by Gasteiger charge is -2.15. The molecule has 0 bridgehead atoms. The SMILES string of the molecule is CCCCCCCCCCCCCCCCOC(CC=O)CCCCCCCCCCCCC.CCCCCCCCCCCCCCCCOCCC. The average Bonchev–Trinajstić information content (AvgIpc) is 3.18. The van der Waals surface area contributed by atoms with E-state index in [2.05, 4.69) is 27.7 Å². The van der Waals surface area contributed by atoms with Gasteiger partial charge in [-0.1, -0.05) is 265 Å². The zero-order valence-corrected chi connectivity index (χ0v) is 38.2. The molecule has 0 heterocycles. The highest BCUT2D eigenvalue weighted by Gasteiger charge is 2.08. The van der Waals surface area contributed by atoms with Gasteiger partial charge in [-0.15, -0.1) is 0 Å². The maximum absolute atomic E-state index is 11.0. The van der Waals surface area contributed by atoms with Gasteiger partial charge in [-0.3, -0.25) is 0 Å². The number of hydrogen-bond donors (Lipinski definition) is 0. The van der Waals surface area contributed by atoms with E-state index in [1.165, 1.54) is 244 Å². The molecular formula is C51H104O3. The number of aldehydes is 1. The van der Waals surface area contributed by atoms with Gasteiger partial charge in [0.15, 0.2) is 0 Å². The Morgan fingerprint density at radius 2 is 0.593 bits per heavy atom. The zero-order chi connectivity index (χ0) is 39.5. The Kier molecular flexibility index (Phi) is 56.4. The molecular weight excluding hydrogens is 661 g/mol. The number of carbonyl (C=O) groups is 1. The summed E-state index contributed by atoms with van der Waals surface area (Å²) in [4.78, 5) is 11.0. The van der Waals surface area contributed by atoms with Gasteiger partial charge >= 0.3 is 0 Å². The topological polar surface area (TPSA) is 35.5 Å². The Hall–Kier alpha value is -0.410. The largest absolute Gasteiger partial charge is 0.381 e. The van der Waals surface area contributed by atoms with Crippen LogP contribution >= 0.6 is 0 Å². The van der Waals surface area contributed by atoms with Gasteiger partial charge in [-0.25, -0.2) is 0 Å². The molecule has 0 radical (unpaired) electrons. The Morgan fingerprint density at radius 3 is 0.889 bits per heavy atom. The van der Waals surface area contributed by atoms with E-state index >= 15 is 0 Å². The minimum atomic E-state index is 0.165. The van der Waals surface area contributed by atoms with Gasteiger partial charge in [0.25, 0.3) is 0 Å². The molecule has 0 aliphatic rings. The Labute approximate surface area is 342 Å². The van der Waals surface area contributed by atoms with Crippen molar-refractivity contribution in [3.63, 3.8) is 0 Å². The summed E-state index contributed by atoms with van der Waals surface area (Å²) in [6.45, 7) is 11.8. The molecule has 54 heavy (non-hydrogen) atoms. The van der Waals surface area contributed by atoms with Gasteiger partial charge in [0.1, 0.15) is 6.29 Å². The lowest BCUT2D eigenvalue weighted by molar-refractivity contribution is -0.110. The second-order valence-corrected chi connectivity index (χ2v) is 17.0.